The number of hydrogen-bond acceptors (Lipinski definition) is 5. The molecular weight excluding hydrogens is 368 g/mol. The summed E-state index contributed by atoms with van der Waals surface area (Å²) in [4.78, 5) is 19.5. The monoisotopic (exact) mass is 392 g/mol. The molecule has 1 amide bonds. The van der Waals surface area contributed by atoms with Gasteiger partial charge in [-0.05, 0) is 43.4 Å². The predicted octanol–water partition coefficient (Wildman–Crippen LogP) is 2.75. The van der Waals surface area contributed by atoms with E-state index >= 15 is 0 Å². The van der Waals surface area contributed by atoms with Crippen LogP contribution in [0.25, 0.3) is 5.65 Å². The Labute approximate surface area is 169 Å². The summed E-state index contributed by atoms with van der Waals surface area (Å²) >= 11 is 0. The van der Waals surface area contributed by atoms with E-state index in [0.29, 0.717) is 30.9 Å². The van der Waals surface area contributed by atoms with Gasteiger partial charge in [-0.1, -0.05) is 12.1 Å². The number of nitrogens with zero attached hydrogens (tertiary/aromatic N) is 4. The van der Waals surface area contributed by atoms with E-state index < -0.39 is 0 Å². The van der Waals surface area contributed by atoms with Crippen LogP contribution in [0.5, 0.6) is 5.75 Å². The van der Waals surface area contributed by atoms with Gasteiger partial charge in [-0.3, -0.25) is 4.79 Å². The molecule has 0 N–H and O–H groups in total. The summed E-state index contributed by atoms with van der Waals surface area (Å²) in [6.07, 6.45) is 7.64. The van der Waals surface area contributed by atoms with E-state index in [9.17, 15) is 4.79 Å². The summed E-state index contributed by atoms with van der Waals surface area (Å²) < 4.78 is 13.6. The number of aryl methyl sites for hydroxylation is 1. The molecule has 0 radical (unpaired) electrons. The molecule has 29 heavy (non-hydrogen) atoms. The van der Waals surface area contributed by atoms with Crippen molar-refractivity contribution in [3.8, 4) is 5.75 Å². The highest BCUT2D eigenvalue weighted by Gasteiger charge is 2.44. The lowest BCUT2D eigenvalue weighted by Crippen LogP contribution is -2.48. The van der Waals surface area contributed by atoms with Gasteiger partial charge in [0.05, 0.1) is 19.9 Å². The van der Waals surface area contributed by atoms with E-state index in [2.05, 4.69) is 16.1 Å². The highest BCUT2D eigenvalue weighted by Crippen LogP contribution is 2.45. The van der Waals surface area contributed by atoms with Crippen LogP contribution in [0.15, 0.2) is 36.8 Å². The topological polar surface area (TPSA) is 69.0 Å². The van der Waals surface area contributed by atoms with Gasteiger partial charge in [0, 0.05) is 31.0 Å². The van der Waals surface area contributed by atoms with Crippen molar-refractivity contribution in [3.05, 3.63) is 59.0 Å². The number of amides is 1. The summed E-state index contributed by atoms with van der Waals surface area (Å²) in [6, 6.07) is 6.20. The lowest BCUT2D eigenvalue weighted by atomic mass is 9.78. The number of likely N-dealkylation sites (tertiary alicyclic amines) is 1. The Kier molecular flexibility index (Phi) is 4.28. The van der Waals surface area contributed by atoms with E-state index in [4.69, 9.17) is 9.47 Å². The normalized spacial score (nSPS) is 18.1. The van der Waals surface area contributed by atoms with Crippen molar-refractivity contribution in [2.45, 2.75) is 31.8 Å². The van der Waals surface area contributed by atoms with Gasteiger partial charge >= 0.3 is 0 Å². The first-order chi connectivity index (χ1) is 14.1. The standard InChI is InChI=1S/C22H24N4O3/c1-15-12-23-20-17(13-24-26(20)14-15)21(27)25-9-7-22(8-10-25)19-16(6-11-29-22)4-3-5-18(19)28-2/h3-5,12-14H,6-11H2,1-2H3. The van der Waals surface area contributed by atoms with Crippen LogP contribution in [0.4, 0.5) is 0 Å². The second kappa shape index (κ2) is 6.84. The lowest BCUT2D eigenvalue weighted by molar-refractivity contribution is -0.0946. The third-order valence-electron chi connectivity index (χ3n) is 6.11. The Bertz CT molecular complexity index is 1070. The van der Waals surface area contributed by atoms with Crippen LogP contribution in [-0.2, 0) is 16.8 Å². The molecule has 150 valence electrons. The van der Waals surface area contributed by atoms with E-state index in [1.165, 1.54) is 5.56 Å². The average Bonchev–Trinajstić information content (AvgIpc) is 3.16. The van der Waals surface area contributed by atoms with Crippen molar-refractivity contribution in [1.29, 1.82) is 0 Å². The SMILES string of the molecule is COc1cccc2c1C1(CCN(C(=O)c3cnn4cc(C)cnc34)CC1)OCC2. The van der Waals surface area contributed by atoms with Crippen LogP contribution in [-0.4, -0.2) is 52.2 Å². The smallest absolute Gasteiger partial charge is 0.259 e. The molecule has 1 fully saturated rings. The average molecular weight is 392 g/mol. The molecule has 7 nitrogen and oxygen atoms in total. The van der Waals surface area contributed by atoms with Crippen LogP contribution in [0.2, 0.25) is 0 Å². The first kappa shape index (κ1) is 18.1. The van der Waals surface area contributed by atoms with Gasteiger partial charge in [0.1, 0.15) is 16.9 Å². The quantitative estimate of drug-likeness (QED) is 0.671. The molecule has 1 spiro atoms. The molecule has 1 saturated heterocycles. The van der Waals surface area contributed by atoms with Gasteiger partial charge in [-0.15, -0.1) is 0 Å². The maximum absolute atomic E-state index is 13.2. The zero-order chi connectivity index (χ0) is 20.0. The molecule has 2 aromatic heterocycles. The highest BCUT2D eigenvalue weighted by molar-refractivity contribution is 5.99. The fourth-order valence-electron chi connectivity index (χ4n) is 4.66. The second-order valence-electron chi connectivity index (χ2n) is 7.84. The number of benzene rings is 1. The molecule has 2 aliphatic rings. The summed E-state index contributed by atoms with van der Waals surface area (Å²) in [6.45, 7) is 3.90. The molecule has 7 heteroatoms. The number of carbonyl (C=O) groups is 1. The van der Waals surface area contributed by atoms with Crippen LogP contribution in [0.3, 0.4) is 0 Å². The largest absolute Gasteiger partial charge is 0.496 e. The number of carbonyl (C=O) groups excluding carboxylic acids is 1. The van der Waals surface area contributed by atoms with E-state index in [-0.39, 0.29) is 11.5 Å². The van der Waals surface area contributed by atoms with Crippen molar-refractivity contribution in [1.82, 2.24) is 19.5 Å². The Morgan fingerprint density at radius 1 is 1.24 bits per heavy atom. The molecule has 0 bridgehead atoms. The number of piperidine rings is 1. The fourth-order valence-corrected chi connectivity index (χ4v) is 4.66. The van der Waals surface area contributed by atoms with Gasteiger partial charge in [0.15, 0.2) is 5.65 Å². The number of fused-ring (bicyclic) bond motifs is 3. The van der Waals surface area contributed by atoms with Crippen molar-refractivity contribution >= 4 is 11.6 Å². The van der Waals surface area contributed by atoms with Crippen LogP contribution in [0.1, 0.15) is 39.9 Å². The molecule has 0 atom stereocenters. The number of hydrogen-bond donors (Lipinski definition) is 0. The van der Waals surface area contributed by atoms with Gasteiger partial charge in [0.2, 0.25) is 0 Å². The Balaban J connectivity index is 1.41. The molecule has 0 aliphatic carbocycles. The van der Waals surface area contributed by atoms with Gasteiger partial charge < -0.3 is 14.4 Å². The third-order valence-corrected chi connectivity index (χ3v) is 6.11. The molecule has 0 unspecified atom stereocenters. The summed E-state index contributed by atoms with van der Waals surface area (Å²) in [5.41, 5.74) is 4.21. The van der Waals surface area contributed by atoms with Crippen molar-refractivity contribution in [2.24, 2.45) is 0 Å². The van der Waals surface area contributed by atoms with Gasteiger partial charge in [-0.2, -0.15) is 5.10 Å². The van der Waals surface area contributed by atoms with Gasteiger partial charge in [0.25, 0.3) is 5.91 Å². The zero-order valence-corrected chi connectivity index (χ0v) is 16.7. The minimum atomic E-state index is -0.382. The molecule has 4 heterocycles. The second-order valence-corrected chi connectivity index (χ2v) is 7.84. The predicted molar refractivity (Wildman–Crippen MR) is 107 cm³/mol. The maximum Gasteiger partial charge on any atom is 0.259 e. The molecular formula is C22H24N4O3. The van der Waals surface area contributed by atoms with Gasteiger partial charge in [-0.25, -0.2) is 9.50 Å². The number of methoxy groups -OCH3 is 1. The number of rotatable bonds is 2. The Morgan fingerprint density at radius 2 is 2.07 bits per heavy atom. The Morgan fingerprint density at radius 3 is 2.86 bits per heavy atom. The molecule has 3 aromatic rings. The van der Waals surface area contributed by atoms with E-state index in [1.807, 2.05) is 30.2 Å². The summed E-state index contributed by atoms with van der Waals surface area (Å²) in [7, 11) is 1.70. The number of aromatic nitrogens is 3. The molecule has 5 rings (SSSR count). The van der Waals surface area contributed by atoms with Crippen molar-refractivity contribution < 1.29 is 14.3 Å². The van der Waals surface area contributed by atoms with E-state index in [0.717, 1.165) is 36.1 Å². The molecule has 2 aliphatic heterocycles. The number of ether oxygens (including phenoxy) is 2. The molecule has 0 saturated carbocycles. The first-order valence-electron chi connectivity index (χ1n) is 10.0. The van der Waals surface area contributed by atoms with Crippen molar-refractivity contribution in [3.63, 3.8) is 0 Å². The fraction of sp³-hybridized carbons (Fsp3) is 0.409. The van der Waals surface area contributed by atoms with Crippen LogP contribution in [0, 0.1) is 6.92 Å². The first-order valence-corrected chi connectivity index (χ1v) is 10.0. The minimum Gasteiger partial charge on any atom is -0.496 e. The van der Waals surface area contributed by atoms with Crippen molar-refractivity contribution in [2.75, 3.05) is 26.8 Å². The summed E-state index contributed by atoms with van der Waals surface area (Å²) in [5, 5.41) is 4.30. The Hall–Kier alpha value is -2.93. The van der Waals surface area contributed by atoms with Crippen LogP contribution < -0.4 is 4.74 Å². The minimum absolute atomic E-state index is 0.0257. The summed E-state index contributed by atoms with van der Waals surface area (Å²) in [5.74, 6) is 0.853. The maximum atomic E-state index is 13.2. The lowest BCUT2D eigenvalue weighted by Gasteiger charge is -2.45. The van der Waals surface area contributed by atoms with Crippen LogP contribution >= 0.6 is 0 Å². The van der Waals surface area contributed by atoms with E-state index in [1.54, 1.807) is 24.0 Å². The molecule has 1 aromatic carbocycles. The highest BCUT2D eigenvalue weighted by atomic mass is 16.5. The zero-order valence-electron chi connectivity index (χ0n) is 16.7. The third kappa shape index (κ3) is 2.88.